The van der Waals surface area contributed by atoms with Crippen molar-refractivity contribution in [1.29, 1.82) is 0 Å². The van der Waals surface area contributed by atoms with Crippen molar-refractivity contribution in [2.45, 2.75) is 44.6 Å². The van der Waals surface area contributed by atoms with Crippen LogP contribution in [0.5, 0.6) is 0 Å². The topological polar surface area (TPSA) is 48.2 Å². The van der Waals surface area contributed by atoms with Crippen molar-refractivity contribution in [2.24, 2.45) is 0 Å². The zero-order valence-electron chi connectivity index (χ0n) is 8.53. The summed E-state index contributed by atoms with van der Waals surface area (Å²) in [5, 5.41) is 8.00. The van der Waals surface area contributed by atoms with Gasteiger partial charge in [-0.15, -0.1) is 10.2 Å². The molecule has 1 aliphatic rings. The minimum atomic E-state index is 0.416. The average molecular weight is 196 g/mol. The van der Waals surface area contributed by atoms with Crippen LogP contribution in [0, 0.1) is 0 Å². The van der Waals surface area contributed by atoms with Gasteiger partial charge in [-0.1, -0.05) is 19.3 Å². The van der Waals surface area contributed by atoms with Crippen molar-refractivity contribution in [3.8, 4) is 0 Å². The number of aromatic nitrogens is 2. The van der Waals surface area contributed by atoms with E-state index in [9.17, 15) is 0 Å². The van der Waals surface area contributed by atoms with Gasteiger partial charge >= 0.3 is 0 Å². The standard InChI is InChI=1S/C10H16N2O2/c1-13-7-9-11-12-10(14-9)8-5-3-2-4-6-8/h8H,2-7H2,1H3. The Bertz CT molecular complexity index is 279. The quantitative estimate of drug-likeness (QED) is 0.744. The van der Waals surface area contributed by atoms with Gasteiger partial charge in [-0.2, -0.15) is 0 Å². The van der Waals surface area contributed by atoms with E-state index in [2.05, 4.69) is 10.2 Å². The van der Waals surface area contributed by atoms with Crippen molar-refractivity contribution in [2.75, 3.05) is 7.11 Å². The Morgan fingerprint density at radius 2 is 2.07 bits per heavy atom. The predicted molar refractivity (Wildman–Crippen MR) is 50.8 cm³/mol. The Morgan fingerprint density at radius 3 is 2.79 bits per heavy atom. The molecule has 0 spiro atoms. The largest absolute Gasteiger partial charge is 0.422 e. The first-order valence-electron chi connectivity index (χ1n) is 5.21. The maximum Gasteiger partial charge on any atom is 0.242 e. The van der Waals surface area contributed by atoms with E-state index >= 15 is 0 Å². The van der Waals surface area contributed by atoms with Gasteiger partial charge in [0.05, 0.1) is 0 Å². The lowest BCUT2D eigenvalue weighted by Crippen LogP contribution is -2.04. The molecule has 4 nitrogen and oxygen atoms in total. The molecule has 1 aliphatic carbocycles. The molecule has 0 aromatic carbocycles. The molecule has 1 heterocycles. The molecule has 0 amide bonds. The molecule has 0 N–H and O–H groups in total. The highest BCUT2D eigenvalue weighted by atomic mass is 16.5. The molecule has 1 aromatic heterocycles. The fraction of sp³-hybridized carbons (Fsp3) is 0.800. The lowest BCUT2D eigenvalue weighted by atomic mass is 9.89. The molecule has 0 unspecified atom stereocenters. The molecule has 1 fully saturated rings. The summed E-state index contributed by atoms with van der Waals surface area (Å²) in [6, 6.07) is 0. The van der Waals surface area contributed by atoms with Gasteiger partial charge in [0.1, 0.15) is 6.61 Å². The minimum Gasteiger partial charge on any atom is -0.422 e. The molecule has 0 atom stereocenters. The SMILES string of the molecule is COCc1nnc(C2CCCCC2)o1. The fourth-order valence-electron chi connectivity index (χ4n) is 1.96. The van der Waals surface area contributed by atoms with E-state index < -0.39 is 0 Å². The first-order chi connectivity index (χ1) is 6.90. The second-order valence-electron chi connectivity index (χ2n) is 3.80. The third-order valence-electron chi connectivity index (χ3n) is 2.70. The van der Waals surface area contributed by atoms with Crippen molar-refractivity contribution >= 4 is 0 Å². The molecule has 1 aromatic rings. The Hall–Kier alpha value is -0.900. The monoisotopic (exact) mass is 196 g/mol. The van der Waals surface area contributed by atoms with Crippen molar-refractivity contribution in [3.63, 3.8) is 0 Å². The molecule has 4 heteroatoms. The number of hydrogen-bond donors (Lipinski definition) is 0. The Labute approximate surface area is 83.7 Å². The number of hydrogen-bond acceptors (Lipinski definition) is 4. The van der Waals surface area contributed by atoms with E-state index in [0.29, 0.717) is 18.4 Å². The summed E-state index contributed by atoms with van der Waals surface area (Å²) in [5.41, 5.74) is 0. The summed E-state index contributed by atoms with van der Waals surface area (Å²) in [6.07, 6.45) is 6.29. The van der Waals surface area contributed by atoms with Crippen molar-refractivity contribution in [1.82, 2.24) is 10.2 Å². The highest BCUT2D eigenvalue weighted by Crippen LogP contribution is 2.31. The molecule has 0 saturated heterocycles. The Kier molecular flexibility index (Phi) is 3.14. The lowest BCUT2D eigenvalue weighted by molar-refractivity contribution is 0.156. The fourth-order valence-corrected chi connectivity index (χ4v) is 1.96. The van der Waals surface area contributed by atoms with Crippen LogP contribution in [0.2, 0.25) is 0 Å². The van der Waals surface area contributed by atoms with Crippen LogP contribution in [-0.2, 0) is 11.3 Å². The third-order valence-corrected chi connectivity index (χ3v) is 2.70. The molecule has 14 heavy (non-hydrogen) atoms. The smallest absolute Gasteiger partial charge is 0.242 e. The summed E-state index contributed by atoms with van der Waals surface area (Å²) in [6.45, 7) is 0.416. The van der Waals surface area contributed by atoms with E-state index in [1.165, 1.54) is 32.1 Å². The summed E-state index contributed by atoms with van der Waals surface area (Å²) in [7, 11) is 1.63. The summed E-state index contributed by atoms with van der Waals surface area (Å²) in [4.78, 5) is 0. The van der Waals surface area contributed by atoms with Crippen LogP contribution in [0.15, 0.2) is 4.42 Å². The molecule has 0 bridgehead atoms. The normalized spacial score (nSPS) is 18.6. The van der Waals surface area contributed by atoms with Crippen molar-refractivity contribution in [3.05, 3.63) is 11.8 Å². The van der Waals surface area contributed by atoms with Gasteiger partial charge in [0.25, 0.3) is 0 Å². The van der Waals surface area contributed by atoms with E-state index in [1.807, 2.05) is 0 Å². The van der Waals surface area contributed by atoms with Crippen LogP contribution in [0.4, 0.5) is 0 Å². The Balaban J connectivity index is 2.00. The lowest BCUT2D eigenvalue weighted by Gasteiger charge is -2.17. The minimum absolute atomic E-state index is 0.416. The van der Waals surface area contributed by atoms with Gasteiger partial charge in [-0.3, -0.25) is 0 Å². The van der Waals surface area contributed by atoms with Gasteiger partial charge in [-0.05, 0) is 12.8 Å². The van der Waals surface area contributed by atoms with Crippen molar-refractivity contribution < 1.29 is 9.15 Å². The summed E-state index contributed by atoms with van der Waals surface area (Å²) in [5.74, 6) is 1.88. The maximum absolute atomic E-state index is 5.52. The Morgan fingerprint density at radius 1 is 1.29 bits per heavy atom. The molecule has 0 aliphatic heterocycles. The van der Waals surface area contributed by atoms with Gasteiger partial charge < -0.3 is 9.15 Å². The van der Waals surface area contributed by atoms with Crippen LogP contribution in [0.3, 0.4) is 0 Å². The van der Waals surface area contributed by atoms with Crippen LogP contribution >= 0.6 is 0 Å². The predicted octanol–water partition coefficient (Wildman–Crippen LogP) is 2.26. The van der Waals surface area contributed by atoms with Gasteiger partial charge in [-0.25, -0.2) is 0 Å². The molecule has 1 saturated carbocycles. The number of ether oxygens (including phenoxy) is 1. The van der Waals surface area contributed by atoms with Crippen LogP contribution in [-0.4, -0.2) is 17.3 Å². The average Bonchev–Trinajstić information content (AvgIpc) is 2.68. The zero-order chi connectivity index (χ0) is 9.80. The number of methoxy groups -OCH3 is 1. The molecule has 2 rings (SSSR count). The summed E-state index contributed by atoms with van der Waals surface area (Å²) < 4.78 is 10.4. The number of nitrogens with zero attached hydrogens (tertiary/aromatic N) is 2. The molecular weight excluding hydrogens is 180 g/mol. The van der Waals surface area contributed by atoms with Crippen LogP contribution in [0.25, 0.3) is 0 Å². The van der Waals surface area contributed by atoms with E-state index in [4.69, 9.17) is 9.15 Å². The highest BCUT2D eigenvalue weighted by molar-refractivity contribution is 4.92. The first-order valence-corrected chi connectivity index (χ1v) is 5.21. The van der Waals surface area contributed by atoms with E-state index in [0.717, 1.165) is 5.89 Å². The number of rotatable bonds is 3. The third kappa shape index (κ3) is 2.12. The van der Waals surface area contributed by atoms with Gasteiger partial charge in [0.2, 0.25) is 11.8 Å². The summed E-state index contributed by atoms with van der Waals surface area (Å²) >= 11 is 0. The van der Waals surface area contributed by atoms with E-state index in [-0.39, 0.29) is 0 Å². The second kappa shape index (κ2) is 4.55. The molecule has 0 radical (unpaired) electrons. The first kappa shape index (κ1) is 9.65. The highest BCUT2D eigenvalue weighted by Gasteiger charge is 2.20. The van der Waals surface area contributed by atoms with E-state index in [1.54, 1.807) is 7.11 Å². The van der Waals surface area contributed by atoms with Gasteiger partial charge in [0.15, 0.2) is 0 Å². The van der Waals surface area contributed by atoms with Crippen LogP contribution in [0.1, 0.15) is 49.8 Å². The molecular formula is C10H16N2O2. The second-order valence-corrected chi connectivity index (χ2v) is 3.80. The molecule has 78 valence electrons. The van der Waals surface area contributed by atoms with Crippen LogP contribution < -0.4 is 0 Å². The maximum atomic E-state index is 5.52. The zero-order valence-corrected chi connectivity index (χ0v) is 8.53. The van der Waals surface area contributed by atoms with Gasteiger partial charge in [0, 0.05) is 13.0 Å².